The van der Waals surface area contributed by atoms with Crippen molar-refractivity contribution in [2.24, 2.45) is 0 Å². The molecule has 0 saturated heterocycles. The van der Waals surface area contributed by atoms with Gasteiger partial charge in [0.25, 0.3) is 0 Å². The fourth-order valence-corrected chi connectivity index (χ4v) is 3.59. The average Bonchev–Trinajstić information content (AvgIpc) is 2.68. The van der Waals surface area contributed by atoms with Gasteiger partial charge in [0.1, 0.15) is 13.2 Å². The molecule has 3 rings (SSSR count). The Balaban J connectivity index is 1.62. The number of carbonyl (C=O) groups excluding carboxylic acids is 1. The van der Waals surface area contributed by atoms with E-state index >= 15 is 0 Å². The van der Waals surface area contributed by atoms with Crippen molar-refractivity contribution in [3.8, 4) is 11.5 Å². The summed E-state index contributed by atoms with van der Waals surface area (Å²) in [7, 11) is 4.04. The summed E-state index contributed by atoms with van der Waals surface area (Å²) in [5.41, 5.74) is 3.30. The Labute approximate surface area is 171 Å². The van der Waals surface area contributed by atoms with Crippen molar-refractivity contribution in [1.29, 1.82) is 0 Å². The second-order valence-electron chi connectivity index (χ2n) is 7.16. The van der Waals surface area contributed by atoms with Gasteiger partial charge in [-0.2, -0.15) is 0 Å². The number of halogens is 1. The molecule has 0 fully saturated rings. The molecule has 0 aromatic heterocycles. The van der Waals surface area contributed by atoms with Crippen LogP contribution in [0.4, 0.5) is 0 Å². The lowest BCUT2D eigenvalue weighted by atomic mass is 10.0. The molecule has 150 valence electrons. The van der Waals surface area contributed by atoms with Crippen molar-refractivity contribution in [3.63, 3.8) is 0 Å². The summed E-state index contributed by atoms with van der Waals surface area (Å²) in [5.74, 6) is 1.11. The van der Waals surface area contributed by atoms with E-state index < -0.39 is 0 Å². The molecule has 1 heterocycles. The van der Waals surface area contributed by atoms with Crippen molar-refractivity contribution in [1.82, 2.24) is 10.2 Å². The van der Waals surface area contributed by atoms with Crippen LogP contribution in [0.3, 0.4) is 0 Å². The lowest BCUT2D eigenvalue weighted by Gasteiger charge is -2.25. The molecule has 0 radical (unpaired) electrons. The standard InChI is InChI=1S/C22H27ClN2O3/c1-4-15-5-7-17(8-6-15)19(25(2)3)14-24-21(26)13-16-11-18(23)22-20(12-16)27-9-10-28-22/h5-8,11-12,19H,4,9-10,13-14H2,1-3H3,(H,24,26). The lowest BCUT2D eigenvalue weighted by molar-refractivity contribution is -0.120. The van der Waals surface area contributed by atoms with Crippen LogP contribution in [0.15, 0.2) is 36.4 Å². The van der Waals surface area contributed by atoms with Crippen molar-refractivity contribution < 1.29 is 14.3 Å². The molecule has 6 heteroatoms. The molecule has 0 aliphatic carbocycles. The van der Waals surface area contributed by atoms with E-state index in [1.807, 2.05) is 20.2 Å². The molecule has 0 saturated carbocycles. The third kappa shape index (κ3) is 4.97. The predicted molar refractivity (Wildman–Crippen MR) is 111 cm³/mol. The Morgan fingerprint density at radius 2 is 1.86 bits per heavy atom. The molecule has 1 aliphatic rings. The minimum atomic E-state index is -0.0511. The molecule has 1 amide bonds. The highest BCUT2D eigenvalue weighted by Gasteiger charge is 2.19. The Morgan fingerprint density at radius 1 is 1.14 bits per heavy atom. The highest BCUT2D eigenvalue weighted by atomic mass is 35.5. The molecule has 2 aromatic carbocycles. The zero-order valence-electron chi connectivity index (χ0n) is 16.6. The zero-order valence-corrected chi connectivity index (χ0v) is 17.4. The number of hydrogen-bond donors (Lipinski definition) is 1. The number of aryl methyl sites for hydroxylation is 1. The summed E-state index contributed by atoms with van der Waals surface area (Å²) in [5, 5.41) is 3.52. The summed E-state index contributed by atoms with van der Waals surface area (Å²) in [6.45, 7) is 3.65. The van der Waals surface area contributed by atoms with Gasteiger partial charge in [0.05, 0.1) is 17.5 Å². The maximum absolute atomic E-state index is 12.5. The van der Waals surface area contributed by atoms with Crippen LogP contribution in [0, 0.1) is 0 Å². The van der Waals surface area contributed by atoms with E-state index in [0.29, 0.717) is 36.3 Å². The van der Waals surface area contributed by atoms with Gasteiger partial charge >= 0.3 is 0 Å². The van der Waals surface area contributed by atoms with Crippen LogP contribution < -0.4 is 14.8 Å². The van der Waals surface area contributed by atoms with E-state index in [-0.39, 0.29) is 18.4 Å². The number of amides is 1. The zero-order chi connectivity index (χ0) is 20.1. The Morgan fingerprint density at radius 3 is 2.54 bits per heavy atom. The van der Waals surface area contributed by atoms with E-state index in [9.17, 15) is 4.79 Å². The fourth-order valence-electron chi connectivity index (χ4n) is 3.30. The normalized spacial score (nSPS) is 14.0. The SMILES string of the molecule is CCc1ccc(C(CNC(=O)Cc2cc(Cl)c3c(c2)OCCO3)N(C)C)cc1. The minimum absolute atomic E-state index is 0.0511. The van der Waals surface area contributed by atoms with E-state index in [2.05, 4.69) is 41.4 Å². The number of fused-ring (bicyclic) bond motifs is 1. The Kier molecular flexibility index (Phi) is 6.81. The van der Waals surface area contributed by atoms with E-state index in [1.54, 1.807) is 6.07 Å². The van der Waals surface area contributed by atoms with Gasteiger partial charge in [-0.15, -0.1) is 0 Å². The van der Waals surface area contributed by atoms with Gasteiger partial charge in [0, 0.05) is 6.54 Å². The summed E-state index contributed by atoms with van der Waals surface area (Å²) in [6.07, 6.45) is 1.26. The van der Waals surface area contributed by atoms with Crippen LogP contribution in [0.1, 0.15) is 29.7 Å². The first-order valence-electron chi connectivity index (χ1n) is 9.58. The average molecular weight is 403 g/mol. The largest absolute Gasteiger partial charge is 0.486 e. The number of nitrogens with zero attached hydrogens (tertiary/aromatic N) is 1. The van der Waals surface area contributed by atoms with Gasteiger partial charge in [-0.1, -0.05) is 42.8 Å². The van der Waals surface area contributed by atoms with Crippen molar-refractivity contribution in [2.45, 2.75) is 25.8 Å². The van der Waals surface area contributed by atoms with Gasteiger partial charge in [-0.25, -0.2) is 0 Å². The van der Waals surface area contributed by atoms with Crippen LogP contribution in [0.25, 0.3) is 0 Å². The summed E-state index contributed by atoms with van der Waals surface area (Å²) >= 11 is 6.26. The number of carbonyl (C=O) groups is 1. The highest BCUT2D eigenvalue weighted by molar-refractivity contribution is 6.32. The third-order valence-corrected chi connectivity index (χ3v) is 5.19. The molecule has 2 aromatic rings. The number of ether oxygens (including phenoxy) is 2. The smallest absolute Gasteiger partial charge is 0.224 e. The number of nitrogens with one attached hydrogen (secondary N) is 1. The third-order valence-electron chi connectivity index (χ3n) is 4.91. The highest BCUT2D eigenvalue weighted by Crippen LogP contribution is 2.38. The van der Waals surface area contributed by atoms with E-state index in [1.165, 1.54) is 11.1 Å². The van der Waals surface area contributed by atoms with Crippen LogP contribution in [-0.4, -0.2) is 44.7 Å². The molecule has 0 spiro atoms. The molecule has 1 aliphatic heterocycles. The van der Waals surface area contributed by atoms with Gasteiger partial charge in [0.15, 0.2) is 11.5 Å². The van der Waals surface area contributed by atoms with Gasteiger partial charge < -0.3 is 19.7 Å². The van der Waals surface area contributed by atoms with Crippen LogP contribution in [0.5, 0.6) is 11.5 Å². The Bertz CT molecular complexity index is 821. The van der Waals surface area contributed by atoms with Crippen LogP contribution in [0.2, 0.25) is 5.02 Å². The van der Waals surface area contributed by atoms with Gasteiger partial charge in [-0.05, 0) is 49.3 Å². The fraction of sp³-hybridized carbons (Fsp3) is 0.409. The number of likely N-dealkylation sites (N-methyl/N-ethyl adjacent to an activating group) is 1. The second-order valence-corrected chi connectivity index (χ2v) is 7.56. The van der Waals surface area contributed by atoms with Gasteiger partial charge in [-0.3, -0.25) is 4.79 Å². The van der Waals surface area contributed by atoms with Crippen LogP contribution >= 0.6 is 11.6 Å². The number of rotatable bonds is 7. The maximum atomic E-state index is 12.5. The molecule has 1 atom stereocenters. The lowest BCUT2D eigenvalue weighted by Crippen LogP contribution is -2.35. The summed E-state index contributed by atoms with van der Waals surface area (Å²) in [6, 6.07) is 12.3. The quantitative estimate of drug-likeness (QED) is 0.768. The van der Waals surface area contributed by atoms with Crippen molar-refractivity contribution in [2.75, 3.05) is 33.9 Å². The monoisotopic (exact) mass is 402 g/mol. The first-order chi connectivity index (χ1) is 13.5. The molecular weight excluding hydrogens is 376 g/mol. The molecule has 1 N–H and O–H groups in total. The van der Waals surface area contributed by atoms with E-state index in [0.717, 1.165) is 12.0 Å². The van der Waals surface area contributed by atoms with Crippen molar-refractivity contribution in [3.05, 3.63) is 58.1 Å². The number of benzene rings is 2. The Hall–Kier alpha value is -2.24. The first-order valence-corrected chi connectivity index (χ1v) is 9.95. The minimum Gasteiger partial charge on any atom is -0.486 e. The predicted octanol–water partition coefficient (Wildman–Crippen LogP) is 3.64. The molecule has 0 bridgehead atoms. The number of hydrogen-bond acceptors (Lipinski definition) is 4. The molecule has 5 nitrogen and oxygen atoms in total. The molecular formula is C22H27ClN2O3. The summed E-state index contributed by atoms with van der Waals surface area (Å²) < 4.78 is 11.1. The molecule has 1 unspecified atom stereocenters. The van der Waals surface area contributed by atoms with Gasteiger partial charge in [0.2, 0.25) is 5.91 Å². The summed E-state index contributed by atoms with van der Waals surface area (Å²) in [4.78, 5) is 14.6. The molecule has 28 heavy (non-hydrogen) atoms. The second kappa shape index (κ2) is 9.30. The first kappa shape index (κ1) is 20.5. The maximum Gasteiger partial charge on any atom is 0.224 e. The topological polar surface area (TPSA) is 50.8 Å². The van der Waals surface area contributed by atoms with Crippen LogP contribution in [-0.2, 0) is 17.6 Å². The van der Waals surface area contributed by atoms with Crippen molar-refractivity contribution >= 4 is 17.5 Å². The van der Waals surface area contributed by atoms with E-state index in [4.69, 9.17) is 21.1 Å².